The van der Waals surface area contributed by atoms with E-state index >= 15 is 0 Å². The highest BCUT2D eigenvalue weighted by Crippen LogP contribution is 2.17. The van der Waals surface area contributed by atoms with E-state index in [1.807, 2.05) is 19.1 Å². The summed E-state index contributed by atoms with van der Waals surface area (Å²) in [4.78, 5) is 15.3. The Morgan fingerprint density at radius 3 is 2.54 bits per heavy atom. The number of hydrogen-bond acceptors (Lipinski definition) is 3. The molecule has 2 amide bonds. The molecule has 1 aliphatic rings. The minimum absolute atomic E-state index is 0.0502. The van der Waals surface area contributed by atoms with Crippen molar-refractivity contribution in [3.63, 3.8) is 0 Å². The normalized spacial score (nSPS) is 17.6. The smallest absolute Gasteiger partial charge is 0.401 e. The zero-order chi connectivity index (χ0) is 19.2. The lowest BCUT2D eigenvalue weighted by Crippen LogP contribution is -2.45. The van der Waals surface area contributed by atoms with E-state index in [0.29, 0.717) is 26.1 Å². The van der Waals surface area contributed by atoms with Crippen molar-refractivity contribution in [1.82, 2.24) is 15.1 Å². The molecule has 5 nitrogen and oxygen atoms in total. The topological polar surface area (TPSA) is 55.8 Å². The van der Waals surface area contributed by atoms with E-state index in [4.69, 9.17) is 0 Å². The van der Waals surface area contributed by atoms with Crippen molar-refractivity contribution in [3.8, 4) is 5.75 Å². The molecule has 1 aliphatic heterocycles. The third-order valence-corrected chi connectivity index (χ3v) is 4.45. The first kappa shape index (κ1) is 20.4. The Morgan fingerprint density at radius 1 is 1.19 bits per heavy atom. The van der Waals surface area contributed by atoms with Gasteiger partial charge in [0.25, 0.3) is 0 Å². The van der Waals surface area contributed by atoms with Crippen LogP contribution in [0.4, 0.5) is 18.0 Å². The van der Waals surface area contributed by atoms with Crippen LogP contribution in [0.15, 0.2) is 24.3 Å². The van der Waals surface area contributed by atoms with E-state index in [9.17, 15) is 23.1 Å². The summed E-state index contributed by atoms with van der Waals surface area (Å²) in [6.07, 6.45) is -2.17. The molecule has 0 bridgehead atoms. The van der Waals surface area contributed by atoms with Crippen LogP contribution in [0, 0.1) is 0 Å². The van der Waals surface area contributed by atoms with Crippen LogP contribution in [-0.2, 0) is 6.42 Å². The summed E-state index contributed by atoms with van der Waals surface area (Å²) in [5.41, 5.74) is 1.07. The number of benzene rings is 1. The van der Waals surface area contributed by atoms with Gasteiger partial charge in [0, 0.05) is 32.2 Å². The van der Waals surface area contributed by atoms with Gasteiger partial charge in [-0.25, -0.2) is 4.79 Å². The number of phenols is 1. The number of carbonyl (C=O) groups excluding carboxylic acids is 1. The van der Waals surface area contributed by atoms with E-state index in [-0.39, 0.29) is 24.4 Å². The van der Waals surface area contributed by atoms with E-state index in [2.05, 4.69) is 5.32 Å². The molecule has 1 heterocycles. The molecular formula is C18H26F3N3O2. The highest BCUT2D eigenvalue weighted by molar-refractivity contribution is 5.74. The maximum absolute atomic E-state index is 12.5. The van der Waals surface area contributed by atoms with Gasteiger partial charge in [-0.05, 0) is 43.9 Å². The number of aryl methyl sites for hydroxylation is 1. The average molecular weight is 373 g/mol. The molecule has 2 rings (SSSR count). The van der Waals surface area contributed by atoms with Crippen LogP contribution in [0.1, 0.15) is 25.3 Å². The number of nitrogens with zero attached hydrogens (tertiary/aromatic N) is 2. The van der Waals surface area contributed by atoms with Crippen molar-refractivity contribution < 1.29 is 23.1 Å². The van der Waals surface area contributed by atoms with Gasteiger partial charge in [0.1, 0.15) is 5.75 Å². The summed E-state index contributed by atoms with van der Waals surface area (Å²) in [6.45, 7) is 2.32. The summed E-state index contributed by atoms with van der Waals surface area (Å²) < 4.78 is 37.5. The Hall–Kier alpha value is -1.96. The molecule has 1 aromatic carbocycles. The Morgan fingerprint density at radius 2 is 1.88 bits per heavy atom. The molecule has 1 saturated heterocycles. The number of hydrogen-bond donors (Lipinski definition) is 2. The number of rotatable bonds is 5. The fourth-order valence-electron chi connectivity index (χ4n) is 3.01. The van der Waals surface area contributed by atoms with Crippen molar-refractivity contribution in [2.75, 3.05) is 32.7 Å². The molecule has 1 unspecified atom stereocenters. The van der Waals surface area contributed by atoms with E-state index in [1.165, 1.54) is 4.90 Å². The van der Waals surface area contributed by atoms with Gasteiger partial charge in [0.05, 0.1) is 6.54 Å². The fraction of sp³-hybridized carbons (Fsp3) is 0.611. The lowest BCUT2D eigenvalue weighted by Gasteiger charge is -2.24. The maximum Gasteiger partial charge on any atom is 0.401 e. The van der Waals surface area contributed by atoms with Crippen LogP contribution >= 0.6 is 0 Å². The number of halogens is 3. The molecule has 0 spiro atoms. The van der Waals surface area contributed by atoms with E-state index in [1.54, 1.807) is 17.0 Å². The van der Waals surface area contributed by atoms with Gasteiger partial charge in [0.2, 0.25) is 0 Å². The molecule has 0 aliphatic carbocycles. The van der Waals surface area contributed by atoms with Crippen molar-refractivity contribution in [2.24, 2.45) is 0 Å². The Kier molecular flexibility index (Phi) is 7.14. The molecule has 146 valence electrons. The van der Waals surface area contributed by atoms with Gasteiger partial charge in [-0.3, -0.25) is 4.90 Å². The van der Waals surface area contributed by atoms with Gasteiger partial charge in [-0.1, -0.05) is 12.1 Å². The summed E-state index contributed by atoms with van der Waals surface area (Å²) in [7, 11) is 0. The van der Waals surface area contributed by atoms with E-state index in [0.717, 1.165) is 18.4 Å². The lowest BCUT2D eigenvalue weighted by atomic mass is 10.1. The first-order valence-electron chi connectivity index (χ1n) is 8.85. The molecular weight excluding hydrogens is 347 g/mol. The second kappa shape index (κ2) is 9.12. The minimum atomic E-state index is -4.21. The quantitative estimate of drug-likeness (QED) is 0.834. The van der Waals surface area contributed by atoms with Crippen LogP contribution in [0.2, 0.25) is 0 Å². The van der Waals surface area contributed by atoms with Crippen molar-refractivity contribution in [3.05, 3.63) is 29.8 Å². The number of carbonyl (C=O) groups is 1. The Bertz CT molecular complexity index is 578. The second-order valence-electron chi connectivity index (χ2n) is 6.79. The zero-order valence-corrected chi connectivity index (χ0v) is 14.9. The first-order chi connectivity index (χ1) is 12.2. The molecule has 0 saturated carbocycles. The summed E-state index contributed by atoms with van der Waals surface area (Å²) in [5.74, 6) is 0.218. The molecule has 8 heteroatoms. The van der Waals surface area contributed by atoms with Gasteiger partial charge < -0.3 is 15.3 Å². The fourth-order valence-corrected chi connectivity index (χ4v) is 3.01. The number of urea groups is 1. The first-order valence-corrected chi connectivity index (χ1v) is 8.85. The summed E-state index contributed by atoms with van der Waals surface area (Å²) in [5, 5.41) is 12.2. The standard InChI is InChI=1S/C18H26F3N3O2/c1-14(3-4-15-5-7-16(25)8-6-15)22-17(26)24-10-2-9-23(11-12-24)13-18(19,20)21/h5-8,14,25H,2-4,9-13H2,1H3,(H,22,26). The highest BCUT2D eigenvalue weighted by atomic mass is 19.4. The number of nitrogens with one attached hydrogen (secondary N) is 1. The number of phenolic OH excluding ortho intramolecular Hbond substituents is 1. The third-order valence-electron chi connectivity index (χ3n) is 4.45. The predicted octanol–water partition coefficient (Wildman–Crippen LogP) is 2.99. The lowest BCUT2D eigenvalue weighted by molar-refractivity contribution is -0.145. The molecule has 1 fully saturated rings. The SMILES string of the molecule is CC(CCc1ccc(O)cc1)NC(=O)N1CCCN(CC(F)(F)F)CC1. The van der Waals surface area contributed by atoms with Crippen molar-refractivity contribution >= 4 is 6.03 Å². The van der Waals surface area contributed by atoms with Crippen LogP contribution < -0.4 is 5.32 Å². The maximum atomic E-state index is 12.5. The average Bonchev–Trinajstić information content (AvgIpc) is 2.78. The van der Waals surface area contributed by atoms with Crippen molar-refractivity contribution in [2.45, 2.75) is 38.4 Å². The molecule has 1 atom stereocenters. The molecule has 26 heavy (non-hydrogen) atoms. The van der Waals surface area contributed by atoms with Crippen LogP contribution in [0.3, 0.4) is 0 Å². The molecule has 1 aromatic rings. The Balaban J connectivity index is 1.75. The van der Waals surface area contributed by atoms with Gasteiger partial charge >= 0.3 is 12.2 Å². The van der Waals surface area contributed by atoms with Gasteiger partial charge in [0.15, 0.2) is 0 Å². The summed E-state index contributed by atoms with van der Waals surface area (Å²) in [6, 6.07) is 6.66. The second-order valence-corrected chi connectivity index (χ2v) is 6.79. The van der Waals surface area contributed by atoms with Crippen LogP contribution in [-0.4, -0.2) is 65.9 Å². The monoisotopic (exact) mass is 373 g/mol. The van der Waals surface area contributed by atoms with Gasteiger partial charge in [-0.2, -0.15) is 13.2 Å². The van der Waals surface area contributed by atoms with Crippen molar-refractivity contribution in [1.29, 1.82) is 0 Å². The predicted molar refractivity (Wildman–Crippen MR) is 93.1 cm³/mol. The zero-order valence-electron chi connectivity index (χ0n) is 14.9. The van der Waals surface area contributed by atoms with Crippen LogP contribution in [0.25, 0.3) is 0 Å². The minimum Gasteiger partial charge on any atom is -0.508 e. The number of aromatic hydroxyl groups is 1. The van der Waals surface area contributed by atoms with Gasteiger partial charge in [-0.15, -0.1) is 0 Å². The summed E-state index contributed by atoms with van der Waals surface area (Å²) >= 11 is 0. The third kappa shape index (κ3) is 7.11. The highest BCUT2D eigenvalue weighted by Gasteiger charge is 2.31. The van der Waals surface area contributed by atoms with E-state index < -0.39 is 12.7 Å². The number of alkyl halides is 3. The molecule has 0 aromatic heterocycles. The molecule has 2 N–H and O–H groups in total. The Labute approximate surface area is 151 Å². The number of amides is 2. The largest absolute Gasteiger partial charge is 0.508 e. The molecule has 0 radical (unpaired) electrons. The van der Waals surface area contributed by atoms with Crippen LogP contribution in [0.5, 0.6) is 5.75 Å².